The van der Waals surface area contributed by atoms with E-state index in [2.05, 4.69) is 61.8 Å². The lowest BCUT2D eigenvalue weighted by Crippen LogP contribution is -1.78. The van der Waals surface area contributed by atoms with Crippen molar-refractivity contribution in [1.29, 1.82) is 0 Å². The molecule has 0 N–H and O–H groups in total. The molecule has 0 aliphatic carbocycles. The Morgan fingerprint density at radius 2 is 1.05 bits per heavy atom. The smallest absolute Gasteiger partial charge is 0.0246 e. The molecule has 0 atom stereocenters. The Morgan fingerprint density at radius 3 is 1.40 bits per heavy atom. The van der Waals surface area contributed by atoms with Crippen LogP contribution in [0.4, 0.5) is 0 Å². The highest BCUT2D eigenvalue weighted by Crippen LogP contribution is 2.03. The van der Waals surface area contributed by atoms with Gasteiger partial charge in [-0.05, 0) is 37.1 Å². The zero-order chi connectivity index (χ0) is 14.5. The first-order valence-corrected chi connectivity index (χ1v) is 7.94. The van der Waals surface area contributed by atoms with E-state index >= 15 is 0 Å². The van der Waals surface area contributed by atoms with Gasteiger partial charge in [-0.3, -0.25) is 0 Å². The van der Waals surface area contributed by atoms with Gasteiger partial charge in [-0.15, -0.1) is 0 Å². The van der Waals surface area contributed by atoms with Gasteiger partial charge in [-0.1, -0.05) is 63.2 Å². The molecule has 0 saturated heterocycles. The van der Waals surface area contributed by atoms with Crippen LogP contribution in [0.1, 0.15) is 76.3 Å². The van der Waals surface area contributed by atoms with E-state index in [0.29, 0.717) is 0 Å². The van der Waals surface area contributed by atoms with Gasteiger partial charge in [0, 0.05) is 24.0 Å². The fourth-order valence-electron chi connectivity index (χ4n) is 1.89. The molecule has 0 bridgehead atoms. The van der Waals surface area contributed by atoms with Gasteiger partial charge in [0.25, 0.3) is 0 Å². The van der Waals surface area contributed by atoms with Crippen LogP contribution in [0.3, 0.4) is 0 Å². The van der Waals surface area contributed by atoms with Gasteiger partial charge < -0.3 is 0 Å². The maximum Gasteiger partial charge on any atom is 0.0246 e. The lowest BCUT2D eigenvalue weighted by atomic mass is 10.1. The molecule has 20 heavy (non-hydrogen) atoms. The van der Waals surface area contributed by atoms with Crippen LogP contribution in [0, 0.1) is 23.7 Å². The minimum absolute atomic E-state index is 1.01. The summed E-state index contributed by atoms with van der Waals surface area (Å²) in [5.74, 6) is 12.9. The van der Waals surface area contributed by atoms with Gasteiger partial charge in [-0.2, -0.15) is 0 Å². The Bertz CT molecular complexity index is 424. The van der Waals surface area contributed by atoms with E-state index in [-0.39, 0.29) is 0 Å². The molecule has 0 fully saturated rings. The summed E-state index contributed by atoms with van der Waals surface area (Å²) in [4.78, 5) is 0. The minimum atomic E-state index is 1.01. The van der Waals surface area contributed by atoms with Crippen LogP contribution in [0.25, 0.3) is 0 Å². The highest BCUT2D eigenvalue weighted by molar-refractivity contribution is 5.41. The van der Waals surface area contributed by atoms with Gasteiger partial charge in [0.1, 0.15) is 0 Å². The highest BCUT2D eigenvalue weighted by Gasteiger charge is 1.88. The molecule has 0 saturated carbocycles. The minimum Gasteiger partial charge on any atom is -0.0979 e. The van der Waals surface area contributed by atoms with Gasteiger partial charge in [0.2, 0.25) is 0 Å². The molecule has 0 aliphatic heterocycles. The molecule has 0 nitrogen and oxygen atoms in total. The molecule has 106 valence electrons. The van der Waals surface area contributed by atoms with E-state index in [1.807, 2.05) is 0 Å². The van der Waals surface area contributed by atoms with Crippen molar-refractivity contribution in [1.82, 2.24) is 0 Å². The molecule has 1 aromatic carbocycles. The predicted molar refractivity (Wildman–Crippen MR) is 88.5 cm³/mol. The number of hydrogen-bond donors (Lipinski definition) is 0. The Kier molecular flexibility index (Phi) is 9.17. The molecule has 1 aromatic rings. The average molecular weight is 266 g/mol. The summed E-state index contributed by atoms with van der Waals surface area (Å²) in [5.41, 5.74) is 2.19. The second-order valence-corrected chi connectivity index (χ2v) is 5.10. The zero-order valence-electron chi connectivity index (χ0n) is 13.0. The van der Waals surface area contributed by atoms with Crippen LogP contribution in [0.15, 0.2) is 24.3 Å². The van der Waals surface area contributed by atoms with E-state index < -0.39 is 0 Å². The maximum absolute atomic E-state index is 3.24. The Hall–Kier alpha value is -1.66. The quantitative estimate of drug-likeness (QED) is 0.468. The van der Waals surface area contributed by atoms with E-state index in [9.17, 15) is 0 Å². The van der Waals surface area contributed by atoms with Crippen LogP contribution < -0.4 is 0 Å². The van der Waals surface area contributed by atoms with Crippen LogP contribution in [-0.2, 0) is 0 Å². The number of hydrogen-bond acceptors (Lipinski definition) is 0. The summed E-state index contributed by atoms with van der Waals surface area (Å²) in [6, 6.07) is 8.29. The van der Waals surface area contributed by atoms with Crippen LogP contribution in [0.5, 0.6) is 0 Å². The molecule has 1 rings (SSSR count). The average Bonchev–Trinajstić information content (AvgIpc) is 2.48. The van der Waals surface area contributed by atoms with Gasteiger partial charge >= 0.3 is 0 Å². The number of unbranched alkanes of at least 4 members (excludes halogenated alkanes) is 6. The standard InChI is InChI=1S/C20H26/c1-3-5-7-9-11-13-19-15-17-20(18-16-19)14-12-10-8-6-4-2/h15-18H,3-10H2,1-2H3. The normalized spacial score (nSPS) is 9.30. The molecule has 0 spiro atoms. The first-order valence-electron chi connectivity index (χ1n) is 7.94. The third-order valence-corrected chi connectivity index (χ3v) is 3.16. The Labute approximate surface area is 125 Å². The maximum atomic E-state index is 3.24. The topological polar surface area (TPSA) is 0 Å². The zero-order valence-corrected chi connectivity index (χ0v) is 13.0. The molecule has 0 heteroatoms. The summed E-state index contributed by atoms with van der Waals surface area (Å²) in [6.45, 7) is 4.44. The molecular formula is C20H26. The highest BCUT2D eigenvalue weighted by atomic mass is 13.9. The van der Waals surface area contributed by atoms with Crippen molar-refractivity contribution in [3.63, 3.8) is 0 Å². The van der Waals surface area contributed by atoms with Crippen molar-refractivity contribution >= 4 is 0 Å². The van der Waals surface area contributed by atoms with Gasteiger partial charge in [0.05, 0.1) is 0 Å². The fourth-order valence-corrected chi connectivity index (χ4v) is 1.89. The molecule has 0 aromatic heterocycles. The largest absolute Gasteiger partial charge is 0.0979 e. The van der Waals surface area contributed by atoms with Crippen LogP contribution >= 0.6 is 0 Å². The lowest BCUT2D eigenvalue weighted by Gasteiger charge is -1.93. The fraction of sp³-hybridized carbons (Fsp3) is 0.500. The third-order valence-electron chi connectivity index (χ3n) is 3.16. The van der Waals surface area contributed by atoms with E-state index in [0.717, 1.165) is 24.0 Å². The van der Waals surface area contributed by atoms with Crippen molar-refractivity contribution in [3.8, 4) is 23.7 Å². The van der Waals surface area contributed by atoms with Gasteiger partial charge in [-0.25, -0.2) is 0 Å². The second kappa shape index (κ2) is 11.2. The molecule has 0 aliphatic rings. The van der Waals surface area contributed by atoms with Crippen molar-refractivity contribution in [2.75, 3.05) is 0 Å². The SMILES string of the molecule is CCCCCC#Cc1ccc(C#CCCCCC)cc1. The van der Waals surface area contributed by atoms with E-state index in [4.69, 9.17) is 0 Å². The van der Waals surface area contributed by atoms with Crippen LogP contribution in [0.2, 0.25) is 0 Å². The Balaban J connectivity index is 2.39. The van der Waals surface area contributed by atoms with E-state index in [1.54, 1.807) is 0 Å². The number of benzene rings is 1. The van der Waals surface area contributed by atoms with Crippen molar-refractivity contribution in [2.45, 2.75) is 65.2 Å². The summed E-state index contributed by atoms with van der Waals surface area (Å²) in [5, 5.41) is 0. The van der Waals surface area contributed by atoms with Crippen LogP contribution in [-0.4, -0.2) is 0 Å². The lowest BCUT2D eigenvalue weighted by molar-refractivity contribution is 0.737. The van der Waals surface area contributed by atoms with Crippen molar-refractivity contribution in [3.05, 3.63) is 35.4 Å². The number of rotatable bonds is 6. The Morgan fingerprint density at radius 1 is 0.650 bits per heavy atom. The summed E-state index contributed by atoms with van der Waals surface area (Å²) >= 11 is 0. The summed E-state index contributed by atoms with van der Waals surface area (Å²) in [7, 11) is 0. The molecule has 0 amide bonds. The summed E-state index contributed by atoms with van der Waals surface area (Å²) < 4.78 is 0. The molecule has 0 unspecified atom stereocenters. The first-order chi connectivity index (χ1) is 9.86. The monoisotopic (exact) mass is 266 g/mol. The first kappa shape index (κ1) is 16.4. The molecule has 0 radical (unpaired) electrons. The van der Waals surface area contributed by atoms with Crippen molar-refractivity contribution in [2.24, 2.45) is 0 Å². The predicted octanol–water partition coefficient (Wildman–Crippen LogP) is 5.55. The third kappa shape index (κ3) is 7.70. The molecule has 0 heterocycles. The molecular weight excluding hydrogens is 240 g/mol. The van der Waals surface area contributed by atoms with Crippen molar-refractivity contribution < 1.29 is 0 Å². The van der Waals surface area contributed by atoms with E-state index in [1.165, 1.54) is 38.5 Å². The second-order valence-electron chi connectivity index (χ2n) is 5.10. The van der Waals surface area contributed by atoms with Gasteiger partial charge in [0.15, 0.2) is 0 Å². The summed E-state index contributed by atoms with van der Waals surface area (Å²) in [6.07, 6.45) is 9.51.